The summed E-state index contributed by atoms with van der Waals surface area (Å²) in [6, 6.07) is 27.2. The predicted molar refractivity (Wildman–Crippen MR) is 108 cm³/mol. The molecule has 26 heavy (non-hydrogen) atoms. The molecule has 0 unspecified atom stereocenters. The number of para-hydroxylation sites is 1. The van der Waals surface area contributed by atoms with Crippen LogP contribution in [0.2, 0.25) is 0 Å². The highest BCUT2D eigenvalue weighted by Gasteiger charge is 2.26. The highest BCUT2D eigenvalue weighted by Crippen LogP contribution is 2.48. The first-order valence-electron chi connectivity index (χ1n) is 8.59. The standard InChI is InChI=1S/C22H17N3S/c1-15-11-13-17(14-12-15)25-22-21(20(24-25)16-7-3-2-4-8-16)26-19-10-6-5-9-18(19)23-22/h2-14,23H,1H3. The second kappa shape index (κ2) is 6.07. The number of hydrogen-bond donors (Lipinski definition) is 1. The van der Waals surface area contributed by atoms with Gasteiger partial charge in [-0.1, -0.05) is 71.9 Å². The number of rotatable bonds is 2. The van der Waals surface area contributed by atoms with E-state index in [1.165, 1.54) is 10.5 Å². The molecule has 1 aliphatic heterocycles. The van der Waals surface area contributed by atoms with E-state index in [0.29, 0.717) is 0 Å². The largest absolute Gasteiger partial charge is 0.338 e. The molecular formula is C22H17N3S. The molecule has 4 aromatic rings. The Kier molecular flexibility index (Phi) is 3.57. The van der Waals surface area contributed by atoms with Crippen molar-refractivity contribution >= 4 is 23.3 Å². The van der Waals surface area contributed by atoms with Crippen LogP contribution in [0.1, 0.15) is 5.56 Å². The Morgan fingerprint density at radius 1 is 0.846 bits per heavy atom. The van der Waals surface area contributed by atoms with Crippen LogP contribution in [-0.4, -0.2) is 9.78 Å². The number of fused-ring (bicyclic) bond motifs is 2. The minimum atomic E-state index is 1.01. The van der Waals surface area contributed by atoms with E-state index in [2.05, 4.69) is 85.0 Å². The van der Waals surface area contributed by atoms with Gasteiger partial charge < -0.3 is 5.32 Å². The van der Waals surface area contributed by atoms with Gasteiger partial charge in [0.1, 0.15) is 11.5 Å². The summed E-state index contributed by atoms with van der Waals surface area (Å²) in [5.41, 5.74) is 5.56. The van der Waals surface area contributed by atoms with Crippen molar-refractivity contribution in [1.82, 2.24) is 9.78 Å². The Balaban J connectivity index is 1.72. The molecule has 0 bridgehead atoms. The molecule has 0 spiro atoms. The first kappa shape index (κ1) is 15.3. The SMILES string of the molecule is Cc1ccc(-n2nc(-c3ccccc3)c3c2Nc2ccccc2S3)cc1. The first-order chi connectivity index (χ1) is 12.8. The molecular weight excluding hydrogens is 338 g/mol. The van der Waals surface area contributed by atoms with Crippen LogP contribution in [0.15, 0.2) is 88.7 Å². The lowest BCUT2D eigenvalue weighted by Gasteiger charge is -2.19. The van der Waals surface area contributed by atoms with Gasteiger partial charge in [0.2, 0.25) is 0 Å². The van der Waals surface area contributed by atoms with Crippen molar-refractivity contribution in [3.8, 4) is 16.9 Å². The maximum atomic E-state index is 4.98. The third-order valence-corrected chi connectivity index (χ3v) is 5.69. The molecule has 1 N–H and O–H groups in total. The van der Waals surface area contributed by atoms with Gasteiger partial charge in [-0.25, -0.2) is 4.68 Å². The maximum Gasteiger partial charge on any atom is 0.149 e. The third kappa shape index (κ3) is 2.50. The minimum Gasteiger partial charge on any atom is -0.338 e. The number of benzene rings is 3. The summed E-state index contributed by atoms with van der Waals surface area (Å²) in [5.74, 6) is 1.02. The van der Waals surface area contributed by atoms with Crippen molar-refractivity contribution in [1.29, 1.82) is 0 Å². The van der Waals surface area contributed by atoms with Crippen molar-refractivity contribution < 1.29 is 0 Å². The lowest BCUT2D eigenvalue weighted by Crippen LogP contribution is -2.05. The number of anilines is 2. The predicted octanol–water partition coefficient (Wildman–Crippen LogP) is 6.06. The fourth-order valence-electron chi connectivity index (χ4n) is 3.16. The molecule has 4 heteroatoms. The van der Waals surface area contributed by atoms with Crippen LogP contribution in [0, 0.1) is 6.92 Å². The molecule has 0 saturated heterocycles. The monoisotopic (exact) mass is 355 g/mol. The average Bonchev–Trinajstić information content (AvgIpc) is 3.06. The summed E-state index contributed by atoms with van der Waals surface area (Å²) in [7, 11) is 0. The van der Waals surface area contributed by atoms with Crippen molar-refractivity contribution in [2.75, 3.05) is 5.32 Å². The van der Waals surface area contributed by atoms with Crippen LogP contribution in [-0.2, 0) is 0 Å². The Morgan fingerprint density at radius 2 is 1.58 bits per heavy atom. The number of aromatic nitrogens is 2. The van der Waals surface area contributed by atoms with Crippen LogP contribution in [0.25, 0.3) is 16.9 Å². The summed E-state index contributed by atoms with van der Waals surface area (Å²) in [6.45, 7) is 2.10. The van der Waals surface area contributed by atoms with Crippen LogP contribution in [0.4, 0.5) is 11.5 Å². The van der Waals surface area contributed by atoms with Gasteiger partial charge in [-0.3, -0.25) is 0 Å². The Bertz CT molecular complexity index is 1080. The molecule has 1 aromatic heterocycles. The topological polar surface area (TPSA) is 29.9 Å². The normalized spacial score (nSPS) is 12.2. The summed E-state index contributed by atoms with van der Waals surface area (Å²) in [5, 5.41) is 8.57. The quantitative estimate of drug-likeness (QED) is 0.418. The van der Waals surface area contributed by atoms with E-state index in [1.807, 2.05) is 10.7 Å². The number of hydrogen-bond acceptors (Lipinski definition) is 3. The Hall–Kier alpha value is -2.98. The first-order valence-corrected chi connectivity index (χ1v) is 9.40. The van der Waals surface area contributed by atoms with Gasteiger partial charge in [0.15, 0.2) is 0 Å². The van der Waals surface area contributed by atoms with Crippen LogP contribution in [0.5, 0.6) is 0 Å². The highest BCUT2D eigenvalue weighted by atomic mass is 32.2. The van der Waals surface area contributed by atoms with E-state index in [9.17, 15) is 0 Å². The zero-order chi connectivity index (χ0) is 17.5. The van der Waals surface area contributed by atoms with Crippen LogP contribution in [0.3, 0.4) is 0 Å². The van der Waals surface area contributed by atoms with E-state index in [0.717, 1.165) is 33.3 Å². The zero-order valence-corrected chi connectivity index (χ0v) is 15.1. The third-order valence-electron chi connectivity index (χ3n) is 4.52. The van der Waals surface area contributed by atoms with Crippen molar-refractivity contribution in [3.05, 3.63) is 84.4 Å². The van der Waals surface area contributed by atoms with Gasteiger partial charge in [-0.05, 0) is 31.2 Å². The van der Waals surface area contributed by atoms with Crippen molar-refractivity contribution in [2.24, 2.45) is 0 Å². The van der Waals surface area contributed by atoms with Crippen molar-refractivity contribution in [3.63, 3.8) is 0 Å². The molecule has 0 atom stereocenters. The molecule has 3 nitrogen and oxygen atoms in total. The molecule has 0 saturated carbocycles. The van der Waals surface area contributed by atoms with Gasteiger partial charge in [0.05, 0.1) is 16.3 Å². The minimum absolute atomic E-state index is 1.01. The van der Waals surface area contributed by atoms with Gasteiger partial charge >= 0.3 is 0 Å². The van der Waals surface area contributed by atoms with E-state index >= 15 is 0 Å². The van der Waals surface area contributed by atoms with Crippen molar-refractivity contribution in [2.45, 2.75) is 16.7 Å². The Labute approximate surface area is 156 Å². The van der Waals surface area contributed by atoms with Gasteiger partial charge in [0.25, 0.3) is 0 Å². The van der Waals surface area contributed by atoms with Crippen LogP contribution >= 0.6 is 11.8 Å². The zero-order valence-electron chi connectivity index (χ0n) is 14.3. The van der Waals surface area contributed by atoms with E-state index in [4.69, 9.17) is 5.10 Å². The highest BCUT2D eigenvalue weighted by molar-refractivity contribution is 7.99. The van der Waals surface area contributed by atoms with Gasteiger partial charge in [-0.2, -0.15) is 5.10 Å². The van der Waals surface area contributed by atoms with Crippen LogP contribution < -0.4 is 5.32 Å². The Morgan fingerprint density at radius 3 is 2.38 bits per heavy atom. The fourth-order valence-corrected chi connectivity index (χ4v) is 4.25. The molecule has 0 aliphatic carbocycles. The molecule has 0 amide bonds. The van der Waals surface area contributed by atoms with E-state index < -0.39 is 0 Å². The summed E-state index contributed by atoms with van der Waals surface area (Å²) >= 11 is 1.78. The molecule has 0 fully saturated rings. The molecule has 0 radical (unpaired) electrons. The fraction of sp³-hybridized carbons (Fsp3) is 0.0455. The molecule has 2 heterocycles. The second-order valence-electron chi connectivity index (χ2n) is 6.36. The van der Waals surface area contributed by atoms with Gasteiger partial charge in [-0.15, -0.1) is 0 Å². The van der Waals surface area contributed by atoms with Gasteiger partial charge in [0, 0.05) is 10.5 Å². The summed E-state index contributed by atoms with van der Waals surface area (Å²) in [4.78, 5) is 2.39. The average molecular weight is 355 g/mol. The number of aryl methyl sites for hydroxylation is 1. The van der Waals surface area contributed by atoms with E-state index in [1.54, 1.807) is 11.8 Å². The molecule has 126 valence electrons. The number of nitrogens with one attached hydrogen (secondary N) is 1. The second-order valence-corrected chi connectivity index (χ2v) is 7.42. The summed E-state index contributed by atoms with van der Waals surface area (Å²) in [6.07, 6.45) is 0. The smallest absolute Gasteiger partial charge is 0.149 e. The summed E-state index contributed by atoms with van der Waals surface area (Å²) < 4.78 is 2.01. The lowest BCUT2D eigenvalue weighted by atomic mass is 10.1. The molecule has 1 aliphatic rings. The number of nitrogens with zero attached hydrogens (tertiary/aromatic N) is 2. The van der Waals surface area contributed by atoms with E-state index in [-0.39, 0.29) is 0 Å². The molecule has 5 rings (SSSR count). The molecule has 3 aromatic carbocycles. The lowest BCUT2D eigenvalue weighted by molar-refractivity contribution is 0.889. The maximum absolute atomic E-state index is 4.98.